The molecule has 0 aromatic heterocycles. The summed E-state index contributed by atoms with van der Waals surface area (Å²) in [7, 11) is 3.12. The largest absolute Gasteiger partial charge is 0.497 e. The maximum Gasteiger partial charge on any atom is 0.272 e. The van der Waals surface area contributed by atoms with Crippen molar-refractivity contribution in [3.63, 3.8) is 0 Å². The van der Waals surface area contributed by atoms with Crippen LogP contribution in [-0.2, 0) is 4.79 Å². The van der Waals surface area contributed by atoms with E-state index in [1.807, 2.05) is 12.1 Å². The number of carbonyl (C=O) groups is 3. The van der Waals surface area contributed by atoms with Crippen LogP contribution >= 0.6 is 11.8 Å². The molecule has 2 N–H and O–H groups in total. The lowest BCUT2D eigenvalue weighted by Gasteiger charge is -2.12. The number of nitrogens with one attached hydrogen (secondary N) is 2. The maximum atomic E-state index is 13.4. The number of rotatable bonds is 11. The summed E-state index contributed by atoms with van der Waals surface area (Å²) in [6, 6.07) is 30.0. The number of amides is 2. The van der Waals surface area contributed by atoms with Gasteiger partial charge in [-0.25, -0.2) is 0 Å². The summed E-state index contributed by atoms with van der Waals surface area (Å²) < 4.78 is 10.5. The van der Waals surface area contributed by atoms with Gasteiger partial charge in [0.05, 0.1) is 20.0 Å². The molecule has 4 aromatic rings. The molecule has 0 saturated carbocycles. The van der Waals surface area contributed by atoms with Gasteiger partial charge >= 0.3 is 0 Å². The molecule has 0 aliphatic rings. The summed E-state index contributed by atoms with van der Waals surface area (Å²) in [5, 5.41) is 5.59. The van der Waals surface area contributed by atoms with E-state index in [0.29, 0.717) is 33.9 Å². The number of Topliss-reactive ketones (excluding diaryl/α,β-unsaturated/α-hetero) is 1. The van der Waals surface area contributed by atoms with Gasteiger partial charge in [0.25, 0.3) is 11.8 Å². The van der Waals surface area contributed by atoms with E-state index < -0.39 is 11.8 Å². The van der Waals surface area contributed by atoms with E-state index in [9.17, 15) is 14.4 Å². The predicted octanol–water partition coefficient (Wildman–Crippen LogP) is 6.09. The van der Waals surface area contributed by atoms with Gasteiger partial charge in [0, 0.05) is 21.7 Å². The lowest BCUT2D eigenvalue weighted by Crippen LogP contribution is -2.30. The van der Waals surface area contributed by atoms with Crippen molar-refractivity contribution in [1.82, 2.24) is 5.32 Å². The second kappa shape index (κ2) is 13.8. The Morgan fingerprint density at radius 1 is 0.750 bits per heavy atom. The fraction of sp³-hybridized carbons (Fsp3) is 0.0938. The molecule has 0 saturated heterocycles. The Kier molecular flexibility index (Phi) is 9.74. The van der Waals surface area contributed by atoms with Crippen LogP contribution < -0.4 is 20.1 Å². The molecule has 2 amide bonds. The molecule has 8 heteroatoms. The van der Waals surface area contributed by atoms with Crippen molar-refractivity contribution in [2.75, 3.05) is 25.3 Å². The van der Waals surface area contributed by atoms with Crippen molar-refractivity contribution < 1.29 is 23.9 Å². The first-order chi connectivity index (χ1) is 19.4. The Labute approximate surface area is 237 Å². The van der Waals surface area contributed by atoms with Crippen molar-refractivity contribution in [2.45, 2.75) is 4.90 Å². The van der Waals surface area contributed by atoms with E-state index in [4.69, 9.17) is 9.47 Å². The van der Waals surface area contributed by atoms with Crippen LogP contribution in [0.15, 0.2) is 114 Å². The summed E-state index contributed by atoms with van der Waals surface area (Å²) in [4.78, 5) is 39.7. The minimum Gasteiger partial charge on any atom is -0.497 e. The monoisotopic (exact) mass is 552 g/mol. The third-order valence-electron chi connectivity index (χ3n) is 5.79. The van der Waals surface area contributed by atoms with E-state index in [2.05, 4.69) is 10.6 Å². The van der Waals surface area contributed by atoms with Gasteiger partial charge in [0.15, 0.2) is 5.78 Å². The molecule has 0 spiro atoms. The smallest absolute Gasteiger partial charge is 0.272 e. The van der Waals surface area contributed by atoms with Gasteiger partial charge in [-0.05, 0) is 66.2 Å². The molecule has 0 bridgehead atoms. The molecule has 0 aliphatic carbocycles. The molecule has 0 atom stereocenters. The zero-order valence-electron chi connectivity index (χ0n) is 22.0. The molecule has 0 unspecified atom stereocenters. The van der Waals surface area contributed by atoms with Gasteiger partial charge in [0.1, 0.15) is 17.2 Å². The van der Waals surface area contributed by atoms with Crippen LogP contribution in [0.1, 0.15) is 26.3 Å². The lowest BCUT2D eigenvalue weighted by molar-refractivity contribution is -0.113. The van der Waals surface area contributed by atoms with Crippen LogP contribution in [0.3, 0.4) is 0 Å². The molecule has 4 aromatic carbocycles. The highest BCUT2D eigenvalue weighted by atomic mass is 32.2. The molecule has 40 heavy (non-hydrogen) atoms. The average Bonchev–Trinajstić information content (AvgIpc) is 3.00. The van der Waals surface area contributed by atoms with Crippen LogP contribution in [0.5, 0.6) is 11.5 Å². The molecule has 0 radical (unpaired) electrons. The molecule has 7 nitrogen and oxygen atoms in total. The fourth-order valence-corrected chi connectivity index (χ4v) is 4.58. The fourth-order valence-electron chi connectivity index (χ4n) is 3.73. The molecule has 0 fully saturated rings. The number of ketones is 1. The van der Waals surface area contributed by atoms with Crippen molar-refractivity contribution >= 4 is 41.1 Å². The topological polar surface area (TPSA) is 93.7 Å². The van der Waals surface area contributed by atoms with E-state index in [-0.39, 0.29) is 17.2 Å². The minimum atomic E-state index is -0.498. The molecular weight excluding hydrogens is 524 g/mol. The summed E-state index contributed by atoms with van der Waals surface area (Å²) in [5.74, 6) is 0.518. The number of hydrogen-bond donors (Lipinski definition) is 2. The van der Waals surface area contributed by atoms with Gasteiger partial charge in [-0.15, -0.1) is 11.8 Å². The maximum absolute atomic E-state index is 13.4. The third kappa shape index (κ3) is 7.85. The third-order valence-corrected chi connectivity index (χ3v) is 6.78. The molecule has 0 aliphatic heterocycles. The Hall–Kier alpha value is -4.82. The highest BCUT2D eigenvalue weighted by molar-refractivity contribution is 8.00. The number of ether oxygens (including phenoxy) is 2. The van der Waals surface area contributed by atoms with Gasteiger partial charge < -0.3 is 20.1 Å². The summed E-state index contributed by atoms with van der Waals surface area (Å²) in [6.07, 6.45) is 1.59. The predicted molar refractivity (Wildman–Crippen MR) is 158 cm³/mol. The Balaban J connectivity index is 1.49. The van der Waals surface area contributed by atoms with Crippen molar-refractivity contribution in [3.8, 4) is 11.5 Å². The molecule has 0 heterocycles. The van der Waals surface area contributed by atoms with Crippen LogP contribution in [0.25, 0.3) is 6.08 Å². The number of anilines is 1. The van der Waals surface area contributed by atoms with E-state index in [1.165, 1.54) is 11.8 Å². The SMILES string of the molecule is COc1cccc(/C=C(\NC(=O)c2ccccc2)C(=O)Nc2cccc(SCC(=O)c3cccc(OC)c3)c2)c1. The van der Waals surface area contributed by atoms with E-state index >= 15 is 0 Å². The zero-order valence-corrected chi connectivity index (χ0v) is 22.9. The first kappa shape index (κ1) is 28.2. The van der Waals surface area contributed by atoms with Crippen LogP contribution in [0.2, 0.25) is 0 Å². The number of methoxy groups -OCH3 is 2. The van der Waals surface area contributed by atoms with Crippen molar-refractivity contribution in [1.29, 1.82) is 0 Å². The molecule has 202 valence electrons. The highest BCUT2D eigenvalue weighted by Gasteiger charge is 2.16. The summed E-state index contributed by atoms with van der Waals surface area (Å²) >= 11 is 1.36. The Bertz CT molecular complexity index is 1540. The standard InChI is InChI=1S/C32H28N2O5S/c1-38-26-14-6-9-22(17-26)18-29(34-31(36)23-10-4-3-5-11-23)32(37)33-25-13-8-16-28(20-25)40-21-30(35)24-12-7-15-27(19-24)39-2/h3-20H,21H2,1-2H3,(H,33,37)(H,34,36)/b29-18-. The molecular formula is C32H28N2O5S. The Morgan fingerprint density at radius 3 is 2.17 bits per heavy atom. The zero-order chi connectivity index (χ0) is 28.3. The van der Waals surface area contributed by atoms with E-state index in [1.54, 1.807) is 111 Å². The number of benzene rings is 4. The minimum absolute atomic E-state index is 0.0366. The highest BCUT2D eigenvalue weighted by Crippen LogP contribution is 2.24. The van der Waals surface area contributed by atoms with Gasteiger partial charge in [-0.1, -0.05) is 48.5 Å². The van der Waals surface area contributed by atoms with Crippen LogP contribution in [-0.4, -0.2) is 37.6 Å². The first-order valence-electron chi connectivity index (χ1n) is 12.4. The normalized spacial score (nSPS) is 10.9. The lowest BCUT2D eigenvalue weighted by atomic mass is 10.1. The van der Waals surface area contributed by atoms with Crippen molar-refractivity contribution in [2.24, 2.45) is 0 Å². The van der Waals surface area contributed by atoms with Crippen LogP contribution in [0.4, 0.5) is 5.69 Å². The second-order valence-electron chi connectivity index (χ2n) is 8.58. The average molecular weight is 553 g/mol. The first-order valence-corrected chi connectivity index (χ1v) is 13.4. The van der Waals surface area contributed by atoms with Crippen LogP contribution in [0, 0.1) is 0 Å². The summed E-state index contributed by atoms with van der Waals surface area (Å²) in [6.45, 7) is 0. The van der Waals surface area contributed by atoms with E-state index in [0.717, 1.165) is 4.90 Å². The number of hydrogen-bond acceptors (Lipinski definition) is 6. The van der Waals surface area contributed by atoms with Gasteiger partial charge in [-0.2, -0.15) is 0 Å². The summed E-state index contributed by atoms with van der Waals surface area (Å²) in [5.41, 5.74) is 2.25. The Morgan fingerprint density at radius 2 is 1.43 bits per heavy atom. The quantitative estimate of drug-likeness (QED) is 0.133. The van der Waals surface area contributed by atoms with Crippen molar-refractivity contribution in [3.05, 3.63) is 126 Å². The van der Waals surface area contributed by atoms with Gasteiger partial charge in [0.2, 0.25) is 0 Å². The number of carbonyl (C=O) groups excluding carboxylic acids is 3. The van der Waals surface area contributed by atoms with Gasteiger partial charge in [-0.3, -0.25) is 14.4 Å². The second-order valence-corrected chi connectivity index (χ2v) is 9.63. The number of thioether (sulfide) groups is 1. The molecule has 4 rings (SSSR count).